The minimum atomic E-state index is -2.76. The van der Waals surface area contributed by atoms with Crippen LogP contribution in [0.3, 0.4) is 0 Å². The number of halogens is 4. The van der Waals surface area contributed by atoms with Crippen LogP contribution in [0.25, 0.3) is 0 Å². The molecule has 3 fully saturated rings. The van der Waals surface area contributed by atoms with E-state index in [0.717, 1.165) is 30.5 Å². The van der Waals surface area contributed by atoms with E-state index in [1.807, 2.05) is 0 Å². The number of nitrogens with zero attached hydrogens (tertiary/aromatic N) is 2. The third kappa shape index (κ3) is 3.85. The molecule has 3 aliphatic carbocycles. The second kappa shape index (κ2) is 6.91. The summed E-state index contributed by atoms with van der Waals surface area (Å²) >= 11 is 0. The van der Waals surface area contributed by atoms with Crippen LogP contribution < -0.4 is 5.32 Å². The Morgan fingerprint density at radius 1 is 1.07 bits per heavy atom. The number of ether oxygens (including phenoxy) is 1. The van der Waals surface area contributed by atoms with Gasteiger partial charge in [-0.3, -0.25) is 10.00 Å². The van der Waals surface area contributed by atoms with Crippen LogP contribution in [-0.4, -0.2) is 33.8 Å². The fourth-order valence-corrected chi connectivity index (χ4v) is 4.51. The number of carbonyl (C=O) groups excluding carboxylic acids is 1. The summed E-state index contributed by atoms with van der Waals surface area (Å²) in [6.45, 7) is 0. The van der Waals surface area contributed by atoms with Crippen LogP contribution in [-0.2, 0) is 11.8 Å². The minimum absolute atomic E-state index is 0.0235. The van der Waals surface area contributed by atoms with Gasteiger partial charge in [-0.25, -0.2) is 22.4 Å². The molecule has 5 nitrogen and oxygen atoms in total. The number of anilines is 1. The van der Waals surface area contributed by atoms with Crippen LogP contribution in [0.1, 0.15) is 80.9 Å². The maximum Gasteiger partial charge on any atom is 0.413 e. The number of amides is 1. The number of carbonyl (C=O) groups is 1. The highest BCUT2D eigenvalue weighted by atomic mass is 19.3. The number of alkyl halides is 4. The van der Waals surface area contributed by atoms with Crippen molar-refractivity contribution < 1.29 is 27.1 Å². The summed E-state index contributed by atoms with van der Waals surface area (Å²) in [5.41, 5.74) is 1.81. The molecule has 3 aliphatic rings. The van der Waals surface area contributed by atoms with Gasteiger partial charge in [0.1, 0.15) is 6.10 Å². The van der Waals surface area contributed by atoms with Crippen LogP contribution in [0.15, 0.2) is 0 Å². The molecule has 0 radical (unpaired) electrons. The lowest BCUT2D eigenvalue weighted by atomic mass is 9.75. The highest BCUT2D eigenvalue weighted by molar-refractivity contribution is 5.85. The van der Waals surface area contributed by atoms with Crippen molar-refractivity contribution in [2.24, 2.45) is 7.05 Å². The normalized spacial score (nSPS) is 25.0. The summed E-state index contributed by atoms with van der Waals surface area (Å²) < 4.78 is 59.7. The second-order valence-electron chi connectivity index (χ2n) is 8.45. The molecule has 0 aliphatic heterocycles. The Balaban J connectivity index is 1.50. The summed E-state index contributed by atoms with van der Waals surface area (Å²) in [6.07, 6.45) is 0.969. The monoisotopic (exact) mass is 403 g/mol. The zero-order valence-corrected chi connectivity index (χ0v) is 15.8. The lowest BCUT2D eigenvalue weighted by molar-refractivity contribution is -0.142. The first-order chi connectivity index (χ1) is 13.1. The number of nitrogens with one attached hydrogen (secondary N) is 1. The summed E-state index contributed by atoms with van der Waals surface area (Å²) in [5, 5.41) is 7.03. The smallest absolute Gasteiger partial charge is 0.413 e. The van der Waals surface area contributed by atoms with Crippen molar-refractivity contribution in [3.8, 4) is 0 Å². The molecule has 0 aromatic carbocycles. The van der Waals surface area contributed by atoms with Gasteiger partial charge in [-0.2, -0.15) is 5.10 Å². The van der Waals surface area contributed by atoms with Crippen LogP contribution in [0.4, 0.5) is 28.2 Å². The van der Waals surface area contributed by atoms with Gasteiger partial charge in [-0.15, -0.1) is 0 Å². The van der Waals surface area contributed by atoms with Crippen LogP contribution in [0.2, 0.25) is 0 Å². The molecule has 0 atom stereocenters. The van der Waals surface area contributed by atoms with Crippen molar-refractivity contribution in [1.82, 2.24) is 9.78 Å². The first-order valence-corrected chi connectivity index (χ1v) is 9.94. The Kier molecular flexibility index (Phi) is 4.82. The highest BCUT2D eigenvalue weighted by Gasteiger charge is 2.48. The molecule has 156 valence electrons. The molecule has 9 heteroatoms. The van der Waals surface area contributed by atoms with Gasteiger partial charge in [0, 0.05) is 49.9 Å². The number of rotatable bonds is 4. The van der Waals surface area contributed by atoms with E-state index in [1.165, 1.54) is 0 Å². The first-order valence-electron chi connectivity index (χ1n) is 9.94. The molecule has 1 amide bonds. The summed E-state index contributed by atoms with van der Waals surface area (Å²) in [4.78, 5) is 12.2. The molecule has 1 aromatic heterocycles. The van der Waals surface area contributed by atoms with Crippen molar-refractivity contribution in [1.29, 1.82) is 0 Å². The topological polar surface area (TPSA) is 56.2 Å². The molecule has 0 saturated heterocycles. The van der Waals surface area contributed by atoms with Crippen molar-refractivity contribution in [2.75, 3.05) is 5.32 Å². The molecule has 0 bridgehead atoms. The highest BCUT2D eigenvalue weighted by Crippen LogP contribution is 2.48. The fourth-order valence-electron chi connectivity index (χ4n) is 4.51. The van der Waals surface area contributed by atoms with E-state index in [9.17, 15) is 22.4 Å². The van der Waals surface area contributed by atoms with Gasteiger partial charge in [0.25, 0.3) is 5.92 Å². The number of aryl methyl sites for hydroxylation is 1. The van der Waals surface area contributed by atoms with E-state index in [1.54, 1.807) is 11.7 Å². The zero-order chi connectivity index (χ0) is 20.1. The molecule has 3 saturated carbocycles. The second-order valence-corrected chi connectivity index (χ2v) is 8.45. The van der Waals surface area contributed by atoms with Crippen LogP contribution in [0.5, 0.6) is 0 Å². The van der Waals surface area contributed by atoms with Crippen molar-refractivity contribution in [3.63, 3.8) is 0 Å². The fraction of sp³-hybridized carbons (Fsp3) is 0.789. The Morgan fingerprint density at radius 2 is 1.71 bits per heavy atom. The van der Waals surface area contributed by atoms with E-state index in [-0.39, 0.29) is 24.7 Å². The third-order valence-electron chi connectivity index (χ3n) is 6.29. The maximum atomic E-state index is 13.6. The quantitative estimate of drug-likeness (QED) is 0.692. The molecule has 0 unspecified atom stereocenters. The van der Waals surface area contributed by atoms with E-state index in [4.69, 9.17) is 4.74 Å². The number of hydrogen-bond donors (Lipinski definition) is 1. The van der Waals surface area contributed by atoms with E-state index in [0.29, 0.717) is 18.7 Å². The lowest BCUT2D eigenvalue weighted by Crippen LogP contribution is -2.43. The molecular weight excluding hydrogens is 378 g/mol. The Hall–Kier alpha value is -1.80. The summed E-state index contributed by atoms with van der Waals surface area (Å²) in [7, 11) is 1.76. The summed E-state index contributed by atoms with van der Waals surface area (Å²) in [6, 6.07) is 0. The molecule has 4 rings (SSSR count). The zero-order valence-electron chi connectivity index (χ0n) is 15.8. The first kappa shape index (κ1) is 19.5. The van der Waals surface area contributed by atoms with Gasteiger partial charge in [-0.05, 0) is 31.6 Å². The molecular formula is C19H25F4N3O2. The average Bonchev–Trinajstić information content (AvgIpc) is 2.80. The molecule has 0 spiro atoms. The predicted molar refractivity (Wildman–Crippen MR) is 94.0 cm³/mol. The Bertz CT molecular complexity index is 743. The van der Waals surface area contributed by atoms with Crippen molar-refractivity contribution in [2.45, 2.75) is 87.6 Å². The minimum Gasteiger partial charge on any atom is -0.445 e. The number of aromatic nitrogens is 2. The Labute approximate surface area is 160 Å². The van der Waals surface area contributed by atoms with Crippen LogP contribution in [0, 0.1) is 0 Å². The van der Waals surface area contributed by atoms with Gasteiger partial charge < -0.3 is 4.74 Å². The van der Waals surface area contributed by atoms with E-state index < -0.39 is 36.9 Å². The molecule has 1 heterocycles. The van der Waals surface area contributed by atoms with Gasteiger partial charge >= 0.3 is 6.09 Å². The largest absolute Gasteiger partial charge is 0.445 e. The van der Waals surface area contributed by atoms with Gasteiger partial charge in [0.15, 0.2) is 5.82 Å². The van der Waals surface area contributed by atoms with Crippen molar-refractivity contribution >= 4 is 11.9 Å². The predicted octanol–water partition coefficient (Wildman–Crippen LogP) is 5.33. The van der Waals surface area contributed by atoms with Crippen molar-refractivity contribution in [3.05, 3.63) is 11.3 Å². The Morgan fingerprint density at radius 3 is 2.25 bits per heavy atom. The van der Waals surface area contributed by atoms with Crippen LogP contribution >= 0.6 is 0 Å². The summed E-state index contributed by atoms with van der Waals surface area (Å²) in [5.74, 6) is -4.79. The molecule has 1 N–H and O–H groups in total. The molecule has 1 aromatic rings. The van der Waals surface area contributed by atoms with Gasteiger partial charge in [0.2, 0.25) is 5.92 Å². The lowest BCUT2D eigenvalue weighted by Gasteiger charge is -2.34. The standard InChI is InChI=1S/C19H25F4N3O2/c1-26-15(12-5-7-18(20,21)8-6-12)14(11-3-2-4-11)16(25-26)24-17(27)28-13-9-19(22,23)10-13/h11-13H,2-10H2,1H3,(H,24,25,27). The van der Waals surface area contributed by atoms with E-state index >= 15 is 0 Å². The van der Waals surface area contributed by atoms with E-state index in [2.05, 4.69) is 10.4 Å². The number of hydrogen-bond acceptors (Lipinski definition) is 3. The third-order valence-corrected chi connectivity index (χ3v) is 6.29. The average molecular weight is 403 g/mol. The van der Waals surface area contributed by atoms with Gasteiger partial charge in [-0.1, -0.05) is 6.42 Å². The molecule has 28 heavy (non-hydrogen) atoms. The maximum absolute atomic E-state index is 13.6. The van der Waals surface area contributed by atoms with Gasteiger partial charge in [0.05, 0.1) is 0 Å². The SMILES string of the molecule is Cn1nc(NC(=O)OC2CC(F)(F)C2)c(C2CCC2)c1C1CCC(F)(F)CC1.